The molecule has 1 atom stereocenters. The lowest BCUT2D eigenvalue weighted by atomic mass is 9.94. The van der Waals surface area contributed by atoms with Crippen molar-refractivity contribution in [1.82, 2.24) is 0 Å². The SMILES string of the molecule is CCc1ccc(C2/C(=C(/O)c3ccc(OCc4ccccc4)c(C)c3)C(=O)C(=O)N2c2ccc(OC(C)C)cc2)cc1. The average Bonchev–Trinajstić information content (AvgIpc) is 3.26. The third-order valence-corrected chi connectivity index (χ3v) is 7.32. The van der Waals surface area contributed by atoms with E-state index in [0.717, 1.165) is 28.7 Å². The van der Waals surface area contributed by atoms with Gasteiger partial charge >= 0.3 is 0 Å². The van der Waals surface area contributed by atoms with Gasteiger partial charge in [0.15, 0.2) is 0 Å². The monoisotopic (exact) mass is 561 g/mol. The molecule has 6 nitrogen and oxygen atoms in total. The van der Waals surface area contributed by atoms with Crippen LogP contribution in [0.25, 0.3) is 5.76 Å². The van der Waals surface area contributed by atoms with E-state index in [4.69, 9.17) is 9.47 Å². The number of amides is 1. The summed E-state index contributed by atoms with van der Waals surface area (Å²) < 4.78 is 11.8. The van der Waals surface area contributed by atoms with Gasteiger partial charge in [-0.15, -0.1) is 0 Å². The number of rotatable bonds is 9. The number of aliphatic hydroxyl groups excluding tert-OH is 1. The summed E-state index contributed by atoms with van der Waals surface area (Å²) in [7, 11) is 0. The van der Waals surface area contributed by atoms with Crippen molar-refractivity contribution in [2.75, 3.05) is 4.90 Å². The van der Waals surface area contributed by atoms with Gasteiger partial charge in [-0.25, -0.2) is 0 Å². The largest absolute Gasteiger partial charge is 0.507 e. The number of carbonyl (C=O) groups excluding carboxylic acids is 2. The molecule has 1 heterocycles. The van der Waals surface area contributed by atoms with Gasteiger partial charge in [-0.1, -0.05) is 61.5 Å². The first kappa shape index (κ1) is 28.7. The number of ketones is 1. The van der Waals surface area contributed by atoms with Crippen molar-refractivity contribution >= 4 is 23.1 Å². The van der Waals surface area contributed by atoms with E-state index in [9.17, 15) is 14.7 Å². The quantitative estimate of drug-likeness (QED) is 0.130. The molecule has 5 rings (SSSR count). The highest BCUT2D eigenvalue weighted by Gasteiger charge is 2.47. The van der Waals surface area contributed by atoms with Crippen molar-refractivity contribution in [2.24, 2.45) is 0 Å². The zero-order chi connectivity index (χ0) is 29.8. The maximum absolute atomic E-state index is 13.6. The molecule has 0 aromatic heterocycles. The van der Waals surface area contributed by atoms with Crippen LogP contribution in [0.4, 0.5) is 5.69 Å². The molecule has 1 aliphatic rings. The summed E-state index contributed by atoms with van der Waals surface area (Å²) in [6.07, 6.45) is 0.858. The Kier molecular flexibility index (Phi) is 8.43. The van der Waals surface area contributed by atoms with Crippen molar-refractivity contribution in [3.05, 3.63) is 130 Å². The topological polar surface area (TPSA) is 76.1 Å². The molecule has 4 aromatic rings. The Bertz CT molecular complexity index is 1610. The zero-order valence-corrected chi connectivity index (χ0v) is 24.3. The van der Waals surface area contributed by atoms with Crippen LogP contribution in [0.15, 0.2) is 103 Å². The van der Waals surface area contributed by atoms with E-state index in [1.807, 2.05) is 75.4 Å². The maximum atomic E-state index is 13.6. The standard InChI is InChI=1S/C36H35NO5/c1-5-25-11-13-27(14-12-25)33-32(35(39)36(40)37(33)29-16-18-30(19-17-29)42-23(2)3)34(38)28-15-20-31(24(4)21-28)41-22-26-9-7-6-8-10-26/h6-21,23,33,38H,5,22H2,1-4H3/b34-32-. The number of Topliss-reactive ketones (excluding diaryl/α,β-unsaturated/α-hetero) is 1. The van der Waals surface area contributed by atoms with E-state index in [1.165, 1.54) is 4.90 Å². The Labute approximate surface area is 246 Å². The van der Waals surface area contributed by atoms with E-state index < -0.39 is 17.7 Å². The Morgan fingerprint density at radius 2 is 1.57 bits per heavy atom. The number of nitrogens with zero attached hydrogens (tertiary/aromatic N) is 1. The molecule has 4 aromatic carbocycles. The minimum atomic E-state index is -0.804. The van der Waals surface area contributed by atoms with Gasteiger partial charge in [0.25, 0.3) is 11.7 Å². The molecular weight excluding hydrogens is 526 g/mol. The molecule has 0 aliphatic carbocycles. The van der Waals surface area contributed by atoms with Crippen molar-refractivity contribution in [2.45, 2.75) is 52.9 Å². The lowest BCUT2D eigenvalue weighted by molar-refractivity contribution is -0.132. The fourth-order valence-corrected chi connectivity index (χ4v) is 5.16. The number of carbonyl (C=O) groups is 2. The summed E-state index contributed by atoms with van der Waals surface area (Å²) in [5, 5.41) is 11.6. The van der Waals surface area contributed by atoms with Gasteiger partial charge in [0.05, 0.1) is 17.7 Å². The van der Waals surface area contributed by atoms with Gasteiger partial charge in [0.2, 0.25) is 0 Å². The lowest BCUT2D eigenvalue weighted by Crippen LogP contribution is -2.29. The zero-order valence-electron chi connectivity index (χ0n) is 24.3. The lowest BCUT2D eigenvalue weighted by Gasteiger charge is -2.26. The minimum absolute atomic E-state index is 0.000687. The second-order valence-corrected chi connectivity index (χ2v) is 10.7. The first-order chi connectivity index (χ1) is 20.3. The van der Waals surface area contributed by atoms with Crippen LogP contribution < -0.4 is 14.4 Å². The molecule has 1 N–H and O–H groups in total. The van der Waals surface area contributed by atoms with Crippen LogP contribution in [0.2, 0.25) is 0 Å². The van der Waals surface area contributed by atoms with E-state index >= 15 is 0 Å². The highest BCUT2D eigenvalue weighted by Crippen LogP contribution is 2.43. The Morgan fingerprint density at radius 3 is 2.19 bits per heavy atom. The predicted molar refractivity (Wildman–Crippen MR) is 165 cm³/mol. The number of hydrogen-bond acceptors (Lipinski definition) is 5. The molecule has 1 saturated heterocycles. The van der Waals surface area contributed by atoms with Crippen LogP contribution in [-0.4, -0.2) is 22.9 Å². The summed E-state index contributed by atoms with van der Waals surface area (Å²) in [6, 6.07) is 29.2. The molecule has 0 saturated carbocycles. The van der Waals surface area contributed by atoms with Gasteiger partial charge in [0.1, 0.15) is 23.9 Å². The fourth-order valence-electron chi connectivity index (χ4n) is 5.16. The summed E-state index contributed by atoms with van der Waals surface area (Å²) in [5.74, 6) is -0.316. The van der Waals surface area contributed by atoms with Crippen molar-refractivity contribution in [3.8, 4) is 11.5 Å². The summed E-state index contributed by atoms with van der Waals surface area (Å²) in [5.41, 5.74) is 4.73. The van der Waals surface area contributed by atoms with Crippen LogP contribution in [0.1, 0.15) is 54.6 Å². The van der Waals surface area contributed by atoms with E-state index in [0.29, 0.717) is 29.4 Å². The van der Waals surface area contributed by atoms with Gasteiger partial charge in [-0.2, -0.15) is 0 Å². The van der Waals surface area contributed by atoms with Crippen molar-refractivity contribution in [1.29, 1.82) is 0 Å². The van der Waals surface area contributed by atoms with Gasteiger partial charge in [0, 0.05) is 11.3 Å². The van der Waals surface area contributed by atoms with Crippen molar-refractivity contribution < 1.29 is 24.2 Å². The minimum Gasteiger partial charge on any atom is -0.507 e. The second-order valence-electron chi connectivity index (χ2n) is 10.7. The molecule has 0 bridgehead atoms. The van der Waals surface area contributed by atoms with Crippen LogP contribution in [0.3, 0.4) is 0 Å². The molecule has 0 radical (unpaired) electrons. The Balaban J connectivity index is 1.54. The number of anilines is 1. The fraction of sp³-hybridized carbons (Fsp3) is 0.222. The third kappa shape index (κ3) is 5.93. The summed E-state index contributed by atoms with van der Waals surface area (Å²) in [6.45, 7) is 8.24. The average molecular weight is 562 g/mol. The summed E-state index contributed by atoms with van der Waals surface area (Å²) in [4.78, 5) is 28.6. The van der Waals surface area contributed by atoms with Crippen LogP contribution >= 0.6 is 0 Å². The van der Waals surface area contributed by atoms with Gasteiger partial charge < -0.3 is 14.6 Å². The van der Waals surface area contributed by atoms with E-state index in [2.05, 4.69) is 6.92 Å². The van der Waals surface area contributed by atoms with Gasteiger partial charge in [-0.3, -0.25) is 14.5 Å². The molecule has 0 spiro atoms. The van der Waals surface area contributed by atoms with Gasteiger partial charge in [-0.05, 0) is 91.9 Å². The Morgan fingerprint density at radius 1 is 0.881 bits per heavy atom. The number of hydrogen-bond donors (Lipinski definition) is 1. The predicted octanol–water partition coefficient (Wildman–Crippen LogP) is 7.55. The number of benzene rings is 4. The molecule has 1 unspecified atom stereocenters. The molecule has 1 aliphatic heterocycles. The van der Waals surface area contributed by atoms with Crippen LogP contribution in [0, 0.1) is 6.92 Å². The highest BCUT2D eigenvalue weighted by atomic mass is 16.5. The second kappa shape index (κ2) is 12.4. The molecule has 1 fully saturated rings. The third-order valence-electron chi connectivity index (χ3n) is 7.32. The normalized spacial score (nSPS) is 16.2. The first-order valence-electron chi connectivity index (χ1n) is 14.2. The molecule has 42 heavy (non-hydrogen) atoms. The molecule has 6 heteroatoms. The highest BCUT2D eigenvalue weighted by molar-refractivity contribution is 6.51. The van der Waals surface area contributed by atoms with Crippen LogP contribution in [0.5, 0.6) is 11.5 Å². The number of ether oxygens (including phenoxy) is 2. The maximum Gasteiger partial charge on any atom is 0.300 e. The summed E-state index contributed by atoms with van der Waals surface area (Å²) >= 11 is 0. The first-order valence-corrected chi connectivity index (χ1v) is 14.2. The Hall–Kier alpha value is -4.84. The number of aliphatic hydroxyl groups is 1. The number of aryl methyl sites for hydroxylation is 2. The molecule has 1 amide bonds. The smallest absolute Gasteiger partial charge is 0.300 e. The van der Waals surface area contributed by atoms with E-state index in [-0.39, 0.29) is 17.4 Å². The van der Waals surface area contributed by atoms with Crippen LogP contribution in [-0.2, 0) is 22.6 Å². The van der Waals surface area contributed by atoms with Crippen molar-refractivity contribution in [3.63, 3.8) is 0 Å². The van der Waals surface area contributed by atoms with E-state index in [1.54, 1.807) is 42.5 Å². The molecule has 214 valence electrons. The molecular formula is C36H35NO5.